The lowest BCUT2D eigenvalue weighted by atomic mass is 10.1. The molecule has 0 aliphatic carbocycles. The number of hydrogen-bond donors (Lipinski definition) is 2. The van der Waals surface area contributed by atoms with E-state index in [4.69, 9.17) is 5.11 Å². The summed E-state index contributed by atoms with van der Waals surface area (Å²) in [7, 11) is 0. The SMILES string of the molecule is Cc1c(NC(=O)N2CCC(C(=O)O)C2)cccc1C(F)(F)F. The van der Waals surface area contributed by atoms with E-state index in [1.54, 1.807) is 0 Å². The number of anilines is 1. The van der Waals surface area contributed by atoms with Crippen molar-refractivity contribution in [2.45, 2.75) is 19.5 Å². The Labute approximate surface area is 124 Å². The molecule has 8 heteroatoms. The molecule has 1 fully saturated rings. The average molecular weight is 316 g/mol. The molecule has 0 bridgehead atoms. The van der Waals surface area contributed by atoms with Crippen LogP contribution in [0.4, 0.5) is 23.7 Å². The van der Waals surface area contributed by atoms with E-state index < -0.39 is 29.7 Å². The first-order chi connectivity index (χ1) is 10.2. The van der Waals surface area contributed by atoms with Gasteiger partial charge in [-0.05, 0) is 31.0 Å². The number of likely N-dealkylation sites (tertiary alicyclic amines) is 1. The highest BCUT2D eigenvalue weighted by Gasteiger charge is 2.34. The van der Waals surface area contributed by atoms with Gasteiger partial charge in [-0.2, -0.15) is 13.2 Å². The molecule has 1 unspecified atom stereocenters. The molecule has 2 amide bonds. The predicted molar refractivity (Wildman–Crippen MR) is 72.5 cm³/mol. The standard InChI is InChI=1S/C14H15F3N2O3/c1-8-10(14(15,16)17)3-2-4-11(8)18-13(22)19-6-5-9(7-19)12(20)21/h2-4,9H,5-7H2,1H3,(H,18,22)(H,20,21). The minimum absolute atomic E-state index is 0.0547. The topological polar surface area (TPSA) is 69.6 Å². The van der Waals surface area contributed by atoms with Crippen LogP contribution >= 0.6 is 0 Å². The number of rotatable bonds is 2. The van der Waals surface area contributed by atoms with Crippen LogP contribution in [-0.2, 0) is 11.0 Å². The second-order valence-electron chi connectivity index (χ2n) is 5.18. The highest BCUT2D eigenvalue weighted by atomic mass is 19.4. The quantitative estimate of drug-likeness (QED) is 0.881. The van der Waals surface area contributed by atoms with Gasteiger partial charge in [0, 0.05) is 18.8 Å². The molecule has 1 saturated heterocycles. The first-order valence-corrected chi connectivity index (χ1v) is 6.65. The lowest BCUT2D eigenvalue weighted by Crippen LogP contribution is -2.34. The van der Waals surface area contributed by atoms with Crippen LogP contribution in [0.1, 0.15) is 17.5 Å². The number of amides is 2. The van der Waals surface area contributed by atoms with Crippen molar-refractivity contribution >= 4 is 17.7 Å². The Hall–Kier alpha value is -2.25. The Morgan fingerprint density at radius 2 is 2.05 bits per heavy atom. The van der Waals surface area contributed by atoms with Gasteiger partial charge in [-0.25, -0.2) is 4.79 Å². The fourth-order valence-electron chi connectivity index (χ4n) is 2.42. The molecule has 120 valence electrons. The minimum Gasteiger partial charge on any atom is -0.481 e. The number of carbonyl (C=O) groups excluding carboxylic acids is 1. The van der Waals surface area contributed by atoms with E-state index in [9.17, 15) is 22.8 Å². The maximum Gasteiger partial charge on any atom is 0.416 e. The summed E-state index contributed by atoms with van der Waals surface area (Å²) >= 11 is 0. The molecule has 5 nitrogen and oxygen atoms in total. The zero-order valence-electron chi connectivity index (χ0n) is 11.8. The summed E-state index contributed by atoms with van der Waals surface area (Å²) in [5, 5.41) is 11.3. The second kappa shape index (κ2) is 5.86. The average Bonchev–Trinajstić information content (AvgIpc) is 2.89. The summed E-state index contributed by atoms with van der Waals surface area (Å²) in [6.45, 7) is 1.60. The largest absolute Gasteiger partial charge is 0.481 e. The van der Waals surface area contributed by atoms with Crippen LogP contribution < -0.4 is 5.32 Å². The number of urea groups is 1. The summed E-state index contributed by atoms with van der Waals surface area (Å²) in [5.41, 5.74) is -0.814. The van der Waals surface area contributed by atoms with Gasteiger partial charge in [-0.1, -0.05) is 6.07 Å². The van der Waals surface area contributed by atoms with Gasteiger partial charge in [0.05, 0.1) is 11.5 Å². The van der Waals surface area contributed by atoms with Crippen LogP contribution in [0, 0.1) is 12.8 Å². The van der Waals surface area contributed by atoms with Crippen LogP contribution in [-0.4, -0.2) is 35.1 Å². The lowest BCUT2D eigenvalue weighted by molar-refractivity contribution is -0.141. The molecule has 1 atom stereocenters. The third-order valence-corrected chi connectivity index (χ3v) is 3.71. The maximum atomic E-state index is 12.8. The molecule has 1 aliphatic heterocycles. The lowest BCUT2D eigenvalue weighted by Gasteiger charge is -2.19. The fourth-order valence-corrected chi connectivity index (χ4v) is 2.42. The van der Waals surface area contributed by atoms with E-state index in [0.717, 1.165) is 6.07 Å². The van der Waals surface area contributed by atoms with E-state index in [0.29, 0.717) is 6.42 Å². The number of nitrogens with one attached hydrogen (secondary N) is 1. The molecule has 1 heterocycles. The van der Waals surface area contributed by atoms with Gasteiger partial charge in [0.25, 0.3) is 0 Å². The molecule has 0 aromatic heterocycles. The third-order valence-electron chi connectivity index (χ3n) is 3.71. The molecule has 2 rings (SSSR count). The van der Waals surface area contributed by atoms with Crippen molar-refractivity contribution in [3.8, 4) is 0 Å². The van der Waals surface area contributed by atoms with Crippen LogP contribution in [0.25, 0.3) is 0 Å². The van der Waals surface area contributed by atoms with Crippen molar-refractivity contribution in [2.75, 3.05) is 18.4 Å². The molecular formula is C14H15F3N2O3. The van der Waals surface area contributed by atoms with Crippen molar-refractivity contribution < 1.29 is 27.9 Å². The van der Waals surface area contributed by atoms with Crippen LogP contribution in [0.15, 0.2) is 18.2 Å². The normalized spacial score (nSPS) is 18.4. The molecule has 0 saturated carbocycles. The number of nitrogens with zero attached hydrogens (tertiary/aromatic N) is 1. The summed E-state index contributed by atoms with van der Waals surface area (Å²) in [6.07, 6.45) is -4.16. The highest BCUT2D eigenvalue weighted by molar-refractivity contribution is 5.91. The molecule has 0 radical (unpaired) electrons. The van der Waals surface area contributed by atoms with Crippen molar-refractivity contribution in [3.63, 3.8) is 0 Å². The van der Waals surface area contributed by atoms with Crippen molar-refractivity contribution in [2.24, 2.45) is 5.92 Å². The van der Waals surface area contributed by atoms with Gasteiger partial charge in [-0.15, -0.1) is 0 Å². The zero-order chi connectivity index (χ0) is 16.5. The van der Waals surface area contributed by atoms with Crippen LogP contribution in [0.2, 0.25) is 0 Å². The van der Waals surface area contributed by atoms with Gasteiger partial charge in [0.15, 0.2) is 0 Å². The molecule has 22 heavy (non-hydrogen) atoms. The van der Waals surface area contributed by atoms with E-state index in [-0.39, 0.29) is 24.3 Å². The molecule has 0 spiro atoms. The predicted octanol–water partition coefficient (Wildman–Crippen LogP) is 2.95. The van der Waals surface area contributed by atoms with Gasteiger partial charge in [-0.3, -0.25) is 4.79 Å². The molecule has 1 aromatic carbocycles. The molecule has 1 aromatic rings. The van der Waals surface area contributed by atoms with Gasteiger partial charge in [0.1, 0.15) is 0 Å². The number of carboxylic acids is 1. The number of benzene rings is 1. The first-order valence-electron chi connectivity index (χ1n) is 6.65. The van der Waals surface area contributed by atoms with E-state index in [2.05, 4.69) is 5.32 Å². The summed E-state index contributed by atoms with van der Waals surface area (Å²) in [4.78, 5) is 24.2. The minimum atomic E-state index is -4.49. The van der Waals surface area contributed by atoms with Crippen molar-refractivity contribution in [3.05, 3.63) is 29.3 Å². The van der Waals surface area contributed by atoms with Gasteiger partial charge < -0.3 is 15.3 Å². The second-order valence-corrected chi connectivity index (χ2v) is 5.18. The fraction of sp³-hybridized carbons (Fsp3) is 0.429. The number of hydrogen-bond acceptors (Lipinski definition) is 2. The summed E-state index contributed by atoms with van der Waals surface area (Å²) < 4.78 is 38.5. The molecule has 2 N–H and O–H groups in total. The van der Waals surface area contributed by atoms with Gasteiger partial charge >= 0.3 is 18.2 Å². The molecular weight excluding hydrogens is 301 g/mol. The Morgan fingerprint density at radius 1 is 1.36 bits per heavy atom. The third kappa shape index (κ3) is 3.32. The summed E-state index contributed by atoms with van der Waals surface area (Å²) in [5.74, 6) is -1.61. The number of alkyl halides is 3. The smallest absolute Gasteiger partial charge is 0.416 e. The van der Waals surface area contributed by atoms with Crippen molar-refractivity contribution in [1.82, 2.24) is 4.90 Å². The maximum absolute atomic E-state index is 12.8. The Balaban J connectivity index is 2.12. The first kappa shape index (κ1) is 16.1. The van der Waals surface area contributed by atoms with Crippen LogP contribution in [0.3, 0.4) is 0 Å². The highest BCUT2D eigenvalue weighted by Crippen LogP contribution is 2.34. The number of halogens is 3. The van der Waals surface area contributed by atoms with E-state index in [1.807, 2.05) is 0 Å². The van der Waals surface area contributed by atoms with E-state index in [1.165, 1.54) is 24.0 Å². The monoisotopic (exact) mass is 316 g/mol. The number of carbonyl (C=O) groups is 2. The summed E-state index contributed by atoms with van der Waals surface area (Å²) in [6, 6.07) is 2.95. The molecule has 1 aliphatic rings. The van der Waals surface area contributed by atoms with Crippen molar-refractivity contribution in [1.29, 1.82) is 0 Å². The number of aliphatic carboxylic acids is 1. The zero-order valence-corrected chi connectivity index (χ0v) is 11.8. The van der Waals surface area contributed by atoms with E-state index >= 15 is 0 Å². The Kier molecular flexibility index (Phi) is 4.30. The Bertz CT molecular complexity index is 601. The Morgan fingerprint density at radius 3 is 2.59 bits per heavy atom. The van der Waals surface area contributed by atoms with Gasteiger partial charge in [0.2, 0.25) is 0 Å². The number of carboxylic acid groups (broad SMARTS) is 1. The van der Waals surface area contributed by atoms with Crippen LogP contribution in [0.5, 0.6) is 0 Å².